The molecule has 2 aliphatic rings. The van der Waals surface area contributed by atoms with Crippen molar-refractivity contribution in [3.05, 3.63) is 11.6 Å². The van der Waals surface area contributed by atoms with Gasteiger partial charge in [0, 0.05) is 11.8 Å². The second kappa shape index (κ2) is 5.08. The highest BCUT2D eigenvalue weighted by molar-refractivity contribution is 5.99. The Labute approximate surface area is 119 Å². The summed E-state index contributed by atoms with van der Waals surface area (Å²) in [6.45, 7) is 6.64. The molecule has 0 aromatic rings. The van der Waals surface area contributed by atoms with E-state index in [1.54, 1.807) is 0 Å². The van der Waals surface area contributed by atoms with E-state index in [4.69, 9.17) is 5.41 Å². The Hall–Kier alpha value is -2.16. The summed E-state index contributed by atoms with van der Waals surface area (Å²) in [4.78, 5) is 1.39. The first-order valence-electron chi connectivity index (χ1n) is 6.90. The monoisotopic (exact) mass is 268 g/mol. The van der Waals surface area contributed by atoms with E-state index in [-0.39, 0.29) is 17.5 Å². The number of nitrogens with one attached hydrogen (secondary N) is 2. The number of rotatable bonds is 1. The van der Waals surface area contributed by atoms with Crippen LogP contribution in [0.5, 0.6) is 0 Å². The molecule has 0 aromatic heterocycles. The zero-order valence-electron chi connectivity index (χ0n) is 11.8. The third-order valence-electron chi connectivity index (χ3n) is 4.88. The Morgan fingerprint density at radius 3 is 2.55 bits per heavy atom. The quantitative estimate of drug-likeness (QED) is 0.668. The van der Waals surface area contributed by atoms with Gasteiger partial charge >= 0.3 is 0 Å². The number of nitriles is 3. The molecule has 0 saturated heterocycles. The van der Waals surface area contributed by atoms with Gasteiger partial charge < -0.3 is 10.3 Å². The van der Waals surface area contributed by atoms with Crippen molar-refractivity contribution in [2.75, 3.05) is 19.6 Å². The largest absolute Gasteiger partial charge is 0.331 e. The molecular formula is C15H18N5+. The van der Waals surface area contributed by atoms with Crippen LogP contribution < -0.4 is 4.90 Å². The lowest BCUT2D eigenvalue weighted by molar-refractivity contribution is -0.897. The van der Waals surface area contributed by atoms with Crippen LogP contribution in [0.15, 0.2) is 11.6 Å². The van der Waals surface area contributed by atoms with Gasteiger partial charge in [0.2, 0.25) is 0 Å². The van der Waals surface area contributed by atoms with Crippen molar-refractivity contribution in [2.24, 2.45) is 23.2 Å². The maximum absolute atomic E-state index is 9.46. The van der Waals surface area contributed by atoms with Gasteiger partial charge in [0.25, 0.3) is 0 Å². The summed E-state index contributed by atoms with van der Waals surface area (Å²) < 4.78 is 0. The van der Waals surface area contributed by atoms with Crippen LogP contribution in [0.2, 0.25) is 0 Å². The summed E-state index contributed by atoms with van der Waals surface area (Å²) in [5, 5.41) is 36.5. The number of fused-ring (bicyclic) bond motifs is 1. The van der Waals surface area contributed by atoms with Crippen LogP contribution >= 0.6 is 0 Å². The minimum Gasteiger partial charge on any atom is -0.331 e. The van der Waals surface area contributed by atoms with E-state index in [2.05, 4.69) is 13.0 Å². The Balaban J connectivity index is 2.54. The molecule has 0 aromatic carbocycles. The summed E-state index contributed by atoms with van der Waals surface area (Å²) in [5.41, 5.74) is -0.554. The minimum atomic E-state index is -1.46. The highest BCUT2D eigenvalue weighted by Gasteiger charge is 2.56. The summed E-state index contributed by atoms with van der Waals surface area (Å²) >= 11 is 0. The standard InChI is InChI=1S/C15H17N5/c1-3-20-5-4-11-12(6-16)14(19)15(8-17,9-18)10(2)13(11)7-20/h4,10,12-13,19H,3,5,7H2,1-2H3/p+1/t10-,12?,13+/m0/s1. The van der Waals surface area contributed by atoms with Gasteiger partial charge in [-0.15, -0.1) is 0 Å². The van der Waals surface area contributed by atoms with Crippen LogP contribution in [-0.4, -0.2) is 25.3 Å². The molecule has 5 nitrogen and oxygen atoms in total. The number of hydrogen-bond acceptors (Lipinski definition) is 4. The van der Waals surface area contributed by atoms with E-state index in [0.717, 1.165) is 25.2 Å². The molecule has 5 heteroatoms. The van der Waals surface area contributed by atoms with Crippen LogP contribution in [0.1, 0.15) is 13.8 Å². The molecule has 1 saturated carbocycles. The third kappa shape index (κ3) is 1.73. The van der Waals surface area contributed by atoms with Crippen molar-refractivity contribution in [1.29, 1.82) is 21.2 Å². The average molecular weight is 268 g/mol. The maximum Gasteiger partial charge on any atom is 0.185 e. The second-order valence-electron chi connectivity index (χ2n) is 5.62. The lowest BCUT2D eigenvalue weighted by Crippen LogP contribution is -3.13. The Kier molecular flexibility index (Phi) is 3.62. The average Bonchev–Trinajstić information content (AvgIpc) is 2.49. The first kappa shape index (κ1) is 14.3. The third-order valence-corrected chi connectivity index (χ3v) is 4.88. The topological polar surface area (TPSA) is 99.7 Å². The van der Waals surface area contributed by atoms with Gasteiger partial charge in [-0.1, -0.05) is 6.92 Å². The van der Waals surface area contributed by atoms with Crippen molar-refractivity contribution in [3.8, 4) is 18.2 Å². The molecule has 1 fully saturated rings. The fourth-order valence-corrected chi connectivity index (χ4v) is 3.44. The second-order valence-corrected chi connectivity index (χ2v) is 5.62. The van der Waals surface area contributed by atoms with Gasteiger partial charge in [-0.25, -0.2) is 0 Å². The zero-order chi connectivity index (χ0) is 14.9. The summed E-state index contributed by atoms with van der Waals surface area (Å²) in [7, 11) is 0. The normalized spacial score (nSPS) is 35.0. The van der Waals surface area contributed by atoms with E-state index in [9.17, 15) is 15.8 Å². The molecule has 1 aliphatic heterocycles. The van der Waals surface area contributed by atoms with Crippen molar-refractivity contribution in [3.63, 3.8) is 0 Å². The van der Waals surface area contributed by atoms with Crippen molar-refractivity contribution in [1.82, 2.24) is 0 Å². The van der Waals surface area contributed by atoms with Gasteiger partial charge in [-0.2, -0.15) is 15.8 Å². The first-order chi connectivity index (χ1) is 9.55. The molecule has 1 aliphatic carbocycles. The predicted octanol–water partition coefficient (Wildman–Crippen LogP) is 0.290. The summed E-state index contributed by atoms with van der Waals surface area (Å²) in [5.74, 6) is -0.923. The maximum atomic E-state index is 9.46. The molecule has 0 radical (unpaired) electrons. The number of nitrogens with zero attached hydrogens (tertiary/aromatic N) is 3. The van der Waals surface area contributed by atoms with Crippen molar-refractivity contribution < 1.29 is 4.90 Å². The number of likely N-dealkylation sites (N-methyl/N-ethyl adjacent to an activating group) is 1. The van der Waals surface area contributed by atoms with E-state index in [0.29, 0.717) is 0 Å². The van der Waals surface area contributed by atoms with Crippen molar-refractivity contribution in [2.45, 2.75) is 13.8 Å². The lowest BCUT2D eigenvalue weighted by atomic mass is 9.56. The van der Waals surface area contributed by atoms with Crippen LogP contribution in [0.4, 0.5) is 0 Å². The van der Waals surface area contributed by atoms with Gasteiger partial charge in [-0.05, 0) is 18.6 Å². The molecule has 20 heavy (non-hydrogen) atoms. The highest BCUT2D eigenvalue weighted by Crippen LogP contribution is 2.46. The van der Waals surface area contributed by atoms with Gasteiger partial charge in [0.05, 0.1) is 43.6 Å². The van der Waals surface area contributed by atoms with Crippen LogP contribution in [0.3, 0.4) is 0 Å². The molecule has 2 unspecified atom stereocenters. The predicted molar refractivity (Wildman–Crippen MR) is 72.5 cm³/mol. The summed E-state index contributed by atoms with van der Waals surface area (Å²) in [6, 6.07) is 6.17. The highest BCUT2D eigenvalue weighted by atomic mass is 15.1. The van der Waals surface area contributed by atoms with E-state index < -0.39 is 11.3 Å². The Morgan fingerprint density at radius 1 is 1.40 bits per heavy atom. The molecule has 2 rings (SSSR count). The molecular weight excluding hydrogens is 250 g/mol. The zero-order valence-corrected chi connectivity index (χ0v) is 11.8. The van der Waals surface area contributed by atoms with E-state index in [1.807, 2.05) is 25.1 Å². The molecule has 1 heterocycles. The molecule has 0 amide bonds. The number of hydrogen-bond donors (Lipinski definition) is 2. The first-order valence-corrected chi connectivity index (χ1v) is 6.90. The molecule has 102 valence electrons. The molecule has 0 spiro atoms. The summed E-state index contributed by atoms with van der Waals surface area (Å²) in [6.07, 6.45) is 2.05. The molecule has 0 bridgehead atoms. The fraction of sp³-hybridized carbons (Fsp3) is 0.600. The SMILES string of the molecule is CC[NH+]1CC=C2C(C#N)C(=N)C(C#N)(C#N)[C@@H](C)[C@H]2C1. The molecule has 2 N–H and O–H groups in total. The van der Waals surface area contributed by atoms with E-state index in [1.165, 1.54) is 4.90 Å². The van der Waals surface area contributed by atoms with Gasteiger partial charge in [0.15, 0.2) is 5.41 Å². The van der Waals surface area contributed by atoms with Gasteiger partial charge in [0.1, 0.15) is 5.92 Å². The minimum absolute atomic E-state index is 0.0387. The van der Waals surface area contributed by atoms with Crippen LogP contribution in [0, 0.1) is 62.6 Å². The Morgan fingerprint density at radius 2 is 2.05 bits per heavy atom. The number of quaternary nitrogens is 1. The van der Waals surface area contributed by atoms with Gasteiger partial charge in [-0.3, -0.25) is 0 Å². The fourth-order valence-electron chi connectivity index (χ4n) is 3.44. The lowest BCUT2D eigenvalue weighted by Gasteiger charge is -2.44. The van der Waals surface area contributed by atoms with E-state index >= 15 is 0 Å². The Bertz CT molecular complexity index is 569. The smallest absolute Gasteiger partial charge is 0.185 e. The van der Waals surface area contributed by atoms with Crippen LogP contribution in [-0.2, 0) is 0 Å². The van der Waals surface area contributed by atoms with Crippen LogP contribution in [0.25, 0.3) is 0 Å². The van der Waals surface area contributed by atoms with Crippen molar-refractivity contribution >= 4 is 5.71 Å². The molecule has 4 atom stereocenters.